The number of rotatable bonds is 6. The van der Waals surface area contributed by atoms with E-state index >= 15 is 0 Å². The van der Waals surface area contributed by atoms with Crippen molar-refractivity contribution in [2.24, 2.45) is 5.41 Å². The van der Waals surface area contributed by atoms with Gasteiger partial charge in [-0.1, -0.05) is 32.9 Å². The molecule has 0 aliphatic rings. The van der Waals surface area contributed by atoms with Crippen molar-refractivity contribution in [3.63, 3.8) is 0 Å². The van der Waals surface area contributed by atoms with Crippen molar-refractivity contribution < 1.29 is 9.59 Å². The quantitative estimate of drug-likeness (QED) is 0.768. The van der Waals surface area contributed by atoms with Crippen molar-refractivity contribution in [1.82, 2.24) is 9.88 Å². The van der Waals surface area contributed by atoms with Gasteiger partial charge >= 0.3 is 0 Å². The zero-order chi connectivity index (χ0) is 20.9. The molecular formula is C23H31N3O2. The second-order valence-electron chi connectivity index (χ2n) is 8.74. The molecule has 5 heteroatoms. The van der Waals surface area contributed by atoms with Gasteiger partial charge in [-0.3, -0.25) is 14.6 Å². The van der Waals surface area contributed by atoms with Gasteiger partial charge in [0.15, 0.2) is 0 Å². The summed E-state index contributed by atoms with van der Waals surface area (Å²) in [4.78, 5) is 31.2. The van der Waals surface area contributed by atoms with Crippen molar-refractivity contribution >= 4 is 17.5 Å². The van der Waals surface area contributed by atoms with Crippen LogP contribution in [-0.4, -0.2) is 35.3 Å². The smallest absolute Gasteiger partial charge is 0.239 e. The second-order valence-corrected chi connectivity index (χ2v) is 8.74. The number of aromatic nitrogens is 1. The maximum absolute atomic E-state index is 12.9. The Bertz CT molecular complexity index is 806. The summed E-state index contributed by atoms with van der Waals surface area (Å²) in [7, 11) is 1.73. The number of nitrogens with one attached hydrogen (secondary N) is 1. The van der Waals surface area contributed by atoms with E-state index in [0.717, 1.165) is 12.0 Å². The summed E-state index contributed by atoms with van der Waals surface area (Å²) < 4.78 is 0. The molecule has 0 radical (unpaired) electrons. The number of pyridine rings is 1. The van der Waals surface area contributed by atoms with Crippen LogP contribution in [0.25, 0.3) is 0 Å². The Morgan fingerprint density at radius 3 is 2.07 bits per heavy atom. The maximum Gasteiger partial charge on any atom is 0.239 e. The number of nitrogens with zero attached hydrogens (tertiary/aromatic N) is 2. The van der Waals surface area contributed by atoms with E-state index in [9.17, 15) is 9.59 Å². The third kappa shape index (κ3) is 5.41. The predicted octanol–water partition coefficient (Wildman–Crippen LogP) is 4.04. The number of amides is 2. The molecular weight excluding hydrogens is 350 g/mol. The number of carbonyl (C=O) groups excluding carboxylic acids is 2. The molecule has 150 valence electrons. The molecule has 28 heavy (non-hydrogen) atoms. The standard InChI is InChI=1S/C23H31N3O2/c1-22(2,3)18-7-9-19(10-8-18)25-20(27)23(4,5)21(28)26(6)16-13-17-11-14-24-15-12-17/h7-12,14-15H,13,16H2,1-6H3,(H,25,27). The van der Waals surface area contributed by atoms with E-state index in [0.29, 0.717) is 12.2 Å². The molecule has 0 aliphatic carbocycles. The zero-order valence-electron chi connectivity index (χ0n) is 17.7. The summed E-state index contributed by atoms with van der Waals surface area (Å²) in [5.41, 5.74) is 1.89. The van der Waals surface area contributed by atoms with Crippen molar-refractivity contribution in [3.05, 3.63) is 59.9 Å². The first-order chi connectivity index (χ1) is 13.0. The van der Waals surface area contributed by atoms with Gasteiger partial charge in [-0.25, -0.2) is 0 Å². The Balaban J connectivity index is 1.99. The fourth-order valence-corrected chi connectivity index (χ4v) is 2.86. The van der Waals surface area contributed by atoms with Gasteiger partial charge in [-0.15, -0.1) is 0 Å². The lowest BCUT2D eigenvalue weighted by molar-refractivity contribution is -0.145. The summed E-state index contributed by atoms with van der Waals surface area (Å²) in [5, 5.41) is 2.88. The van der Waals surface area contributed by atoms with Gasteiger partial charge in [0, 0.05) is 31.7 Å². The first-order valence-corrected chi connectivity index (χ1v) is 9.58. The van der Waals surface area contributed by atoms with E-state index < -0.39 is 5.41 Å². The molecule has 1 aromatic heterocycles. The minimum Gasteiger partial charge on any atom is -0.345 e. The Labute approximate surface area is 168 Å². The average molecular weight is 382 g/mol. The molecule has 2 aromatic rings. The van der Waals surface area contributed by atoms with Crippen LogP contribution in [0.3, 0.4) is 0 Å². The van der Waals surface area contributed by atoms with Crippen LogP contribution >= 0.6 is 0 Å². The highest BCUT2D eigenvalue weighted by molar-refractivity contribution is 6.09. The van der Waals surface area contributed by atoms with Crippen LogP contribution in [0.4, 0.5) is 5.69 Å². The van der Waals surface area contributed by atoms with Crippen LogP contribution in [0.1, 0.15) is 45.7 Å². The molecule has 1 aromatic carbocycles. The molecule has 0 bridgehead atoms. The Morgan fingerprint density at radius 1 is 0.964 bits per heavy atom. The summed E-state index contributed by atoms with van der Waals surface area (Å²) in [6.07, 6.45) is 4.19. The van der Waals surface area contributed by atoms with Crippen molar-refractivity contribution in [1.29, 1.82) is 0 Å². The average Bonchev–Trinajstić information content (AvgIpc) is 2.66. The molecule has 0 fully saturated rings. The van der Waals surface area contributed by atoms with Gasteiger partial charge in [-0.05, 0) is 61.1 Å². The first-order valence-electron chi connectivity index (χ1n) is 9.58. The summed E-state index contributed by atoms with van der Waals surface area (Å²) in [5.74, 6) is -0.512. The van der Waals surface area contributed by atoms with E-state index in [2.05, 4.69) is 31.1 Å². The van der Waals surface area contributed by atoms with Gasteiger partial charge < -0.3 is 10.2 Å². The summed E-state index contributed by atoms with van der Waals surface area (Å²) in [6, 6.07) is 11.6. The topological polar surface area (TPSA) is 62.3 Å². The fraction of sp³-hybridized carbons (Fsp3) is 0.435. The number of hydrogen-bond donors (Lipinski definition) is 1. The lowest BCUT2D eigenvalue weighted by Crippen LogP contribution is -2.46. The van der Waals surface area contributed by atoms with Gasteiger partial charge in [0.25, 0.3) is 0 Å². The molecule has 0 unspecified atom stereocenters. The Hall–Kier alpha value is -2.69. The van der Waals surface area contributed by atoms with Crippen LogP contribution in [-0.2, 0) is 21.4 Å². The van der Waals surface area contributed by atoms with E-state index in [1.54, 1.807) is 38.2 Å². The second kappa shape index (κ2) is 8.55. The Kier molecular flexibility index (Phi) is 6.60. The van der Waals surface area contributed by atoms with E-state index in [-0.39, 0.29) is 17.2 Å². The molecule has 0 saturated carbocycles. The molecule has 0 saturated heterocycles. The number of likely N-dealkylation sites (N-methyl/N-ethyl adjacent to an activating group) is 1. The van der Waals surface area contributed by atoms with E-state index in [1.165, 1.54) is 5.56 Å². The van der Waals surface area contributed by atoms with E-state index in [1.807, 2.05) is 36.4 Å². The maximum atomic E-state index is 12.9. The van der Waals surface area contributed by atoms with Crippen LogP contribution in [0.5, 0.6) is 0 Å². The molecule has 0 atom stereocenters. The molecule has 5 nitrogen and oxygen atoms in total. The van der Waals surface area contributed by atoms with Crippen LogP contribution in [0, 0.1) is 5.41 Å². The SMILES string of the molecule is CN(CCc1ccncc1)C(=O)C(C)(C)C(=O)Nc1ccc(C(C)(C)C)cc1. The number of benzene rings is 1. The highest BCUT2D eigenvalue weighted by atomic mass is 16.2. The van der Waals surface area contributed by atoms with Gasteiger partial charge in [0.2, 0.25) is 11.8 Å². The summed E-state index contributed by atoms with van der Waals surface area (Å²) in [6.45, 7) is 10.3. The highest BCUT2D eigenvalue weighted by Crippen LogP contribution is 2.25. The van der Waals surface area contributed by atoms with Crippen LogP contribution in [0.15, 0.2) is 48.8 Å². The third-order valence-corrected chi connectivity index (χ3v) is 4.94. The molecule has 0 spiro atoms. The number of hydrogen-bond acceptors (Lipinski definition) is 3. The van der Waals surface area contributed by atoms with Gasteiger partial charge in [0.1, 0.15) is 5.41 Å². The molecule has 1 N–H and O–H groups in total. The normalized spacial score (nSPS) is 11.8. The minimum atomic E-state index is -1.16. The third-order valence-electron chi connectivity index (χ3n) is 4.94. The monoisotopic (exact) mass is 381 g/mol. The first kappa shape index (κ1) is 21.6. The predicted molar refractivity (Wildman–Crippen MR) is 113 cm³/mol. The molecule has 0 aliphatic heterocycles. The lowest BCUT2D eigenvalue weighted by atomic mass is 9.87. The highest BCUT2D eigenvalue weighted by Gasteiger charge is 2.38. The van der Waals surface area contributed by atoms with E-state index in [4.69, 9.17) is 0 Å². The van der Waals surface area contributed by atoms with Crippen LogP contribution in [0.2, 0.25) is 0 Å². The van der Waals surface area contributed by atoms with Crippen molar-refractivity contribution in [2.75, 3.05) is 18.9 Å². The fourth-order valence-electron chi connectivity index (χ4n) is 2.86. The molecule has 2 amide bonds. The molecule has 1 heterocycles. The van der Waals surface area contributed by atoms with Gasteiger partial charge in [0.05, 0.1) is 0 Å². The van der Waals surface area contributed by atoms with Crippen molar-refractivity contribution in [2.45, 2.75) is 46.5 Å². The zero-order valence-corrected chi connectivity index (χ0v) is 17.7. The Morgan fingerprint density at radius 2 is 1.54 bits per heavy atom. The number of carbonyl (C=O) groups is 2. The largest absolute Gasteiger partial charge is 0.345 e. The lowest BCUT2D eigenvalue weighted by Gasteiger charge is -2.28. The molecule has 2 rings (SSSR count). The van der Waals surface area contributed by atoms with Crippen LogP contribution < -0.4 is 5.32 Å². The van der Waals surface area contributed by atoms with Gasteiger partial charge in [-0.2, -0.15) is 0 Å². The summed E-state index contributed by atoms with van der Waals surface area (Å²) >= 11 is 0. The number of anilines is 1. The van der Waals surface area contributed by atoms with Crippen molar-refractivity contribution in [3.8, 4) is 0 Å². The minimum absolute atomic E-state index is 0.0509.